The van der Waals surface area contributed by atoms with Gasteiger partial charge in [-0.2, -0.15) is 4.31 Å². The van der Waals surface area contributed by atoms with Crippen molar-refractivity contribution >= 4 is 31.8 Å². The molecule has 32 heavy (non-hydrogen) atoms. The number of rotatable bonds is 9. The Morgan fingerprint density at radius 2 is 1.94 bits per heavy atom. The summed E-state index contributed by atoms with van der Waals surface area (Å²) in [5.41, 5.74) is -0.257. The van der Waals surface area contributed by atoms with E-state index in [0.29, 0.717) is 56.4 Å². The SMILES string of the molecule is COCCOC1(CNc2ncc(Br)cc2S(=O)(=O)N2CCCC3(CCC3)C2)CCOCC1. The van der Waals surface area contributed by atoms with Gasteiger partial charge >= 0.3 is 0 Å². The number of pyridine rings is 1. The molecule has 1 saturated carbocycles. The van der Waals surface area contributed by atoms with Crippen molar-refractivity contribution in [1.82, 2.24) is 9.29 Å². The van der Waals surface area contributed by atoms with Crippen LogP contribution in [0.5, 0.6) is 0 Å². The molecule has 4 rings (SSSR count). The van der Waals surface area contributed by atoms with Crippen LogP contribution in [0, 0.1) is 5.41 Å². The van der Waals surface area contributed by atoms with Crippen molar-refractivity contribution in [2.24, 2.45) is 5.41 Å². The number of nitrogens with one attached hydrogen (secondary N) is 1. The Kier molecular flexibility index (Phi) is 7.78. The van der Waals surface area contributed by atoms with Crippen LogP contribution >= 0.6 is 15.9 Å². The van der Waals surface area contributed by atoms with Gasteiger partial charge in [-0.05, 0) is 53.1 Å². The summed E-state index contributed by atoms with van der Waals surface area (Å²) in [6, 6.07) is 1.66. The van der Waals surface area contributed by atoms with E-state index >= 15 is 0 Å². The molecular formula is C22H34BrN3O5S. The van der Waals surface area contributed by atoms with E-state index in [1.807, 2.05) is 0 Å². The number of anilines is 1. The van der Waals surface area contributed by atoms with Crippen LogP contribution < -0.4 is 5.32 Å². The van der Waals surface area contributed by atoms with E-state index in [1.54, 1.807) is 23.7 Å². The maximum absolute atomic E-state index is 13.7. The maximum atomic E-state index is 13.7. The molecule has 2 saturated heterocycles. The minimum Gasteiger partial charge on any atom is -0.382 e. The summed E-state index contributed by atoms with van der Waals surface area (Å²) >= 11 is 3.41. The first-order valence-electron chi connectivity index (χ1n) is 11.5. The molecule has 0 unspecified atom stereocenters. The van der Waals surface area contributed by atoms with Crippen LogP contribution in [0.15, 0.2) is 21.6 Å². The molecule has 1 aromatic rings. The van der Waals surface area contributed by atoms with E-state index in [4.69, 9.17) is 14.2 Å². The third-order valence-corrected chi connectivity index (χ3v) is 9.45. The molecule has 3 fully saturated rings. The largest absolute Gasteiger partial charge is 0.382 e. The smallest absolute Gasteiger partial charge is 0.246 e. The summed E-state index contributed by atoms with van der Waals surface area (Å²) < 4.78 is 46.5. The first kappa shape index (κ1) is 24.3. The van der Waals surface area contributed by atoms with Crippen LogP contribution in [0.4, 0.5) is 5.82 Å². The highest BCUT2D eigenvalue weighted by Crippen LogP contribution is 2.48. The fraction of sp³-hybridized carbons (Fsp3) is 0.773. The van der Waals surface area contributed by atoms with Gasteiger partial charge in [0.05, 0.1) is 18.8 Å². The van der Waals surface area contributed by atoms with Crippen molar-refractivity contribution in [3.63, 3.8) is 0 Å². The van der Waals surface area contributed by atoms with Crippen LogP contribution in [-0.4, -0.2) is 76.5 Å². The van der Waals surface area contributed by atoms with Crippen LogP contribution in [0.25, 0.3) is 0 Å². The Morgan fingerprint density at radius 1 is 1.19 bits per heavy atom. The molecule has 0 aromatic carbocycles. The maximum Gasteiger partial charge on any atom is 0.246 e. The van der Waals surface area contributed by atoms with Gasteiger partial charge in [-0.15, -0.1) is 0 Å². The number of hydrogen-bond acceptors (Lipinski definition) is 7. The monoisotopic (exact) mass is 531 g/mol. The molecule has 8 nitrogen and oxygen atoms in total. The number of sulfonamides is 1. The van der Waals surface area contributed by atoms with Crippen molar-refractivity contribution in [2.45, 2.75) is 55.4 Å². The average Bonchev–Trinajstić information content (AvgIpc) is 2.78. The lowest BCUT2D eigenvalue weighted by Gasteiger charge is -2.48. The molecule has 0 atom stereocenters. The topological polar surface area (TPSA) is 90.0 Å². The number of ether oxygens (including phenoxy) is 3. The predicted octanol–water partition coefficient (Wildman–Crippen LogP) is 3.42. The Bertz CT molecular complexity index is 888. The van der Waals surface area contributed by atoms with Crippen molar-refractivity contribution < 1.29 is 22.6 Å². The molecule has 3 aliphatic rings. The third kappa shape index (κ3) is 5.31. The molecule has 1 aliphatic carbocycles. The third-order valence-electron chi connectivity index (χ3n) is 7.16. The van der Waals surface area contributed by atoms with Gasteiger partial charge in [-0.3, -0.25) is 0 Å². The molecule has 180 valence electrons. The summed E-state index contributed by atoms with van der Waals surface area (Å²) in [7, 11) is -2.01. The Labute approximate surface area is 199 Å². The zero-order valence-corrected chi connectivity index (χ0v) is 21.2. The first-order valence-corrected chi connectivity index (χ1v) is 13.7. The van der Waals surface area contributed by atoms with E-state index in [-0.39, 0.29) is 10.3 Å². The molecule has 1 N–H and O–H groups in total. The van der Waals surface area contributed by atoms with E-state index in [0.717, 1.165) is 38.5 Å². The summed E-state index contributed by atoms with van der Waals surface area (Å²) in [4.78, 5) is 4.67. The zero-order valence-electron chi connectivity index (χ0n) is 18.8. The Balaban J connectivity index is 1.53. The van der Waals surface area contributed by atoms with Gasteiger partial charge in [-0.25, -0.2) is 13.4 Å². The van der Waals surface area contributed by atoms with Crippen LogP contribution in [0.3, 0.4) is 0 Å². The van der Waals surface area contributed by atoms with Gasteiger partial charge in [0.15, 0.2) is 0 Å². The summed E-state index contributed by atoms with van der Waals surface area (Å²) in [5, 5.41) is 3.31. The van der Waals surface area contributed by atoms with E-state index < -0.39 is 15.6 Å². The van der Waals surface area contributed by atoms with Crippen molar-refractivity contribution in [2.75, 3.05) is 58.5 Å². The Morgan fingerprint density at radius 3 is 2.62 bits per heavy atom. The highest BCUT2D eigenvalue weighted by Gasteiger charge is 2.44. The fourth-order valence-corrected chi connectivity index (χ4v) is 7.26. The van der Waals surface area contributed by atoms with Gasteiger partial charge in [0.1, 0.15) is 10.7 Å². The molecule has 2 aliphatic heterocycles. The minimum atomic E-state index is -3.66. The van der Waals surface area contributed by atoms with Crippen LogP contribution in [-0.2, 0) is 24.2 Å². The number of methoxy groups -OCH3 is 1. The predicted molar refractivity (Wildman–Crippen MR) is 125 cm³/mol. The van der Waals surface area contributed by atoms with Gasteiger partial charge in [0.2, 0.25) is 10.0 Å². The molecular weight excluding hydrogens is 498 g/mol. The number of hydrogen-bond donors (Lipinski definition) is 1. The summed E-state index contributed by atoms with van der Waals surface area (Å²) in [6.45, 7) is 3.86. The normalized spacial score (nSPS) is 23.1. The lowest BCUT2D eigenvalue weighted by Crippen LogP contribution is -2.49. The van der Waals surface area contributed by atoms with Crippen molar-refractivity contribution in [1.29, 1.82) is 0 Å². The van der Waals surface area contributed by atoms with Gasteiger partial charge in [0.25, 0.3) is 0 Å². The fourth-order valence-electron chi connectivity index (χ4n) is 5.04. The number of piperidine rings is 1. The molecule has 0 amide bonds. The number of aromatic nitrogens is 1. The highest BCUT2D eigenvalue weighted by atomic mass is 79.9. The van der Waals surface area contributed by atoms with Crippen LogP contribution in [0.1, 0.15) is 44.9 Å². The first-order chi connectivity index (χ1) is 15.4. The highest BCUT2D eigenvalue weighted by molar-refractivity contribution is 9.10. The quantitative estimate of drug-likeness (QED) is 0.488. The van der Waals surface area contributed by atoms with Gasteiger partial charge in [-0.1, -0.05) is 6.42 Å². The second-order valence-corrected chi connectivity index (χ2v) is 12.1. The molecule has 10 heteroatoms. The minimum absolute atomic E-state index is 0.180. The van der Waals surface area contributed by atoms with E-state index in [1.165, 1.54) is 6.42 Å². The standard InChI is InChI=1S/C22H34BrN3O5S/c1-29-12-13-31-22(7-10-30-11-8-22)16-25-20-19(14-18(23)15-24-20)32(27,28)26-9-3-6-21(17-26)4-2-5-21/h14-15H,2-13,16-17H2,1H3,(H,24,25). The van der Waals surface area contributed by atoms with Crippen LogP contribution in [0.2, 0.25) is 0 Å². The van der Waals surface area contributed by atoms with E-state index in [2.05, 4.69) is 26.2 Å². The number of halogens is 1. The Hall–Kier alpha value is -0.780. The summed E-state index contributed by atoms with van der Waals surface area (Å²) in [6.07, 6.45) is 8.61. The average molecular weight is 533 g/mol. The van der Waals surface area contributed by atoms with E-state index in [9.17, 15) is 8.42 Å². The molecule has 1 spiro atoms. The molecule has 0 bridgehead atoms. The lowest BCUT2D eigenvalue weighted by atomic mass is 9.65. The lowest BCUT2D eigenvalue weighted by molar-refractivity contribution is -0.111. The molecule has 1 aromatic heterocycles. The van der Waals surface area contributed by atoms with Gasteiger partial charge < -0.3 is 19.5 Å². The van der Waals surface area contributed by atoms with Crippen molar-refractivity contribution in [3.05, 3.63) is 16.7 Å². The summed E-state index contributed by atoms with van der Waals surface area (Å²) in [5.74, 6) is 0.377. The van der Waals surface area contributed by atoms with Gasteiger partial charge in [0, 0.05) is 63.5 Å². The molecule has 0 radical (unpaired) electrons. The second kappa shape index (κ2) is 10.2. The molecule has 3 heterocycles. The zero-order chi connectivity index (χ0) is 22.7. The number of nitrogens with zero attached hydrogens (tertiary/aromatic N) is 2. The van der Waals surface area contributed by atoms with Crippen molar-refractivity contribution in [3.8, 4) is 0 Å². The second-order valence-electron chi connectivity index (χ2n) is 9.29.